The molecule has 136 valence electrons. The number of carbonyl (C=O) groups excluding carboxylic acids is 1. The molecule has 2 heterocycles. The highest BCUT2D eigenvalue weighted by Gasteiger charge is 2.31. The van der Waals surface area contributed by atoms with Crippen LogP contribution < -0.4 is 0 Å². The molecule has 3 aromatic rings. The molecular formula is C22H20N2OS2. The van der Waals surface area contributed by atoms with E-state index in [4.69, 9.17) is 12.2 Å². The molecule has 4 rings (SSSR count). The molecule has 1 aliphatic rings. The van der Waals surface area contributed by atoms with Gasteiger partial charge in [-0.05, 0) is 31.1 Å². The Morgan fingerprint density at radius 3 is 2.59 bits per heavy atom. The second-order valence-electron chi connectivity index (χ2n) is 6.46. The third-order valence-corrected chi connectivity index (χ3v) is 6.16. The topological polar surface area (TPSA) is 25.2 Å². The number of hydrogen-bond donors (Lipinski definition) is 0. The summed E-state index contributed by atoms with van der Waals surface area (Å²) in [5.74, 6) is 0.00857. The highest BCUT2D eigenvalue weighted by Crippen LogP contribution is 2.34. The van der Waals surface area contributed by atoms with Gasteiger partial charge < -0.3 is 4.57 Å². The summed E-state index contributed by atoms with van der Waals surface area (Å²) in [6.45, 7) is 3.63. The van der Waals surface area contributed by atoms with Gasteiger partial charge in [0.25, 0.3) is 5.91 Å². The van der Waals surface area contributed by atoms with E-state index in [2.05, 4.69) is 42.0 Å². The predicted octanol–water partition coefficient (Wildman–Crippen LogP) is 5.11. The molecule has 3 nitrogen and oxygen atoms in total. The monoisotopic (exact) mass is 392 g/mol. The Bertz CT molecular complexity index is 1040. The summed E-state index contributed by atoms with van der Waals surface area (Å²) in [7, 11) is 0. The van der Waals surface area contributed by atoms with Crippen LogP contribution in [0.1, 0.15) is 18.1 Å². The average Bonchev–Trinajstić information content (AvgIpc) is 3.18. The first-order chi connectivity index (χ1) is 13.2. The van der Waals surface area contributed by atoms with E-state index in [1.54, 1.807) is 4.90 Å². The number of thiocarbonyl (C=S) groups is 1. The maximum atomic E-state index is 12.9. The van der Waals surface area contributed by atoms with Crippen LogP contribution in [-0.2, 0) is 17.8 Å². The lowest BCUT2D eigenvalue weighted by atomic mass is 10.1. The molecule has 0 unspecified atom stereocenters. The van der Waals surface area contributed by atoms with Gasteiger partial charge in [0.2, 0.25) is 0 Å². The molecule has 27 heavy (non-hydrogen) atoms. The zero-order chi connectivity index (χ0) is 18.8. The fourth-order valence-corrected chi connectivity index (χ4v) is 4.67. The number of hydrogen-bond acceptors (Lipinski definition) is 3. The zero-order valence-corrected chi connectivity index (χ0v) is 16.7. The average molecular weight is 393 g/mol. The summed E-state index contributed by atoms with van der Waals surface area (Å²) in [6.07, 6.45) is 4.90. The lowest BCUT2D eigenvalue weighted by molar-refractivity contribution is -0.122. The van der Waals surface area contributed by atoms with Crippen molar-refractivity contribution < 1.29 is 4.79 Å². The number of fused-ring (bicyclic) bond motifs is 1. The molecule has 1 saturated heterocycles. The lowest BCUT2D eigenvalue weighted by Crippen LogP contribution is -2.30. The van der Waals surface area contributed by atoms with E-state index in [-0.39, 0.29) is 5.91 Å². The lowest BCUT2D eigenvalue weighted by Gasteiger charge is -2.14. The highest BCUT2D eigenvalue weighted by atomic mass is 32.2. The fraction of sp³-hybridized carbons (Fsp3) is 0.182. The first-order valence-electron chi connectivity index (χ1n) is 9.04. The summed E-state index contributed by atoms with van der Waals surface area (Å²) in [4.78, 5) is 15.3. The van der Waals surface area contributed by atoms with Crippen LogP contribution in [0.2, 0.25) is 0 Å². The smallest absolute Gasteiger partial charge is 0.266 e. The third-order valence-electron chi connectivity index (χ3n) is 4.79. The SMILES string of the molecule is CCn1cc(/C=C2\SC(=S)N(CCc3ccccc3)C2=O)c2ccccc21. The molecule has 0 saturated carbocycles. The second-order valence-corrected chi connectivity index (χ2v) is 8.13. The van der Waals surface area contributed by atoms with Crippen molar-refractivity contribution in [3.05, 3.63) is 76.8 Å². The molecule has 0 N–H and O–H groups in total. The number of rotatable bonds is 5. The van der Waals surface area contributed by atoms with E-state index in [0.717, 1.165) is 23.9 Å². The van der Waals surface area contributed by atoms with Gasteiger partial charge >= 0.3 is 0 Å². The van der Waals surface area contributed by atoms with Crippen LogP contribution in [0.3, 0.4) is 0 Å². The highest BCUT2D eigenvalue weighted by molar-refractivity contribution is 8.26. The Hall–Kier alpha value is -2.37. The Labute approximate surface area is 168 Å². The molecule has 0 aliphatic carbocycles. The van der Waals surface area contributed by atoms with Gasteiger partial charge in [-0.3, -0.25) is 9.69 Å². The molecule has 1 fully saturated rings. The Kier molecular flexibility index (Phi) is 5.14. The van der Waals surface area contributed by atoms with E-state index in [0.29, 0.717) is 15.8 Å². The third kappa shape index (κ3) is 3.57. The predicted molar refractivity (Wildman–Crippen MR) is 118 cm³/mol. The van der Waals surface area contributed by atoms with E-state index >= 15 is 0 Å². The van der Waals surface area contributed by atoms with Crippen LogP contribution in [0.5, 0.6) is 0 Å². The molecule has 0 bridgehead atoms. The van der Waals surface area contributed by atoms with Gasteiger partial charge in [0, 0.05) is 35.8 Å². The van der Waals surface area contributed by atoms with Gasteiger partial charge in [-0.15, -0.1) is 0 Å². The van der Waals surface area contributed by atoms with Gasteiger partial charge in [0.15, 0.2) is 0 Å². The number of nitrogens with zero attached hydrogens (tertiary/aromatic N) is 2. The van der Waals surface area contributed by atoms with Crippen LogP contribution in [-0.4, -0.2) is 26.2 Å². The number of amides is 1. The van der Waals surface area contributed by atoms with Crippen molar-refractivity contribution in [1.29, 1.82) is 0 Å². The Balaban J connectivity index is 1.58. The van der Waals surface area contributed by atoms with Gasteiger partial charge in [-0.1, -0.05) is 72.5 Å². The minimum absolute atomic E-state index is 0.00857. The van der Waals surface area contributed by atoms with Crippen molar-refractivity contribution in [3.63, 3.8) is 0 Å². The van der Waals surface area contributed by atoms with Gasteiger partial charge in [-0.2, -0.15) is 0 Å². The Morgan fingerprint density at radius 2 is 1.81 bits per heavy atom. The summed E-state index contributed by atoms with van der Waals surface area (Å²) in [5.41, 5.74) is 3.46. The van der Waals surface area contributed by atoms with Crippen molar-refractivity contribution in [2.75, 3.05) is 6.54 Å². The Morgan fingerprint density at radius 1 is 1.07 bits per heavy atom. The molecule has 2 aromatic carbocycles. The number of para-hydroxylation sites is 1. The minimum atomic E-state index is 0.00857. The van der Waals surface area contributed by atoms with Gasteiger partial charge in [-0.25, -0.2) is 0 Å². The number of aromatic nitrogens is 1. The quantitative estimate of drug-likeness (QED) is 0.446. The van der Waals surface area contributed by atoms with E-state index in [9.17, 15) is 4.79 Å². The van der Waals surface area contributed by atoms with Gasteiger partial charge in [0.1, 0.15) is 4.32 Å². The zero-order valence-electron chi connectivity index (χ0n) is 15.1. The molecule has 1 aromatic heterocycles. The molecule has 0 atom stereocenters. The molecule has 0 radical (unpaired) electrons. The van der Waals surface area contributed by atoms with Gasteiger partial charge in [0.05, 0.1) is 4.91 Å². The normalized spacial score (nSPS) is 16.0. The van der Waals surface area contributed by atoms with Crippen LogP contribution >= 0.6 is 24.0 Å². The van der Waals surface area contributed by atoms with Crippen LogP contribution in [0.4, 0.5) is 0 Å². The standard InChI is InChI=1S/C22H20N2OS2/c1-2-23-15-17(18-10-6-7-11-19(18)23)14-20-21(25)24(22(26)27-20)13-12-16-8-4-3-5-9-16/h3-11,14-15H,2,12-13H2,1H3/b20-14-. The summed E-state index contributed by atoms with van der Waals surface area (Å²) in [6, 6.07) is 18.5. The maximum absolute atomic E-state index is 12.9. The fourth-order valence-electron chi connectivity index (χ4n) is 3.37. The van der Waals surface area contributed by atoms with Crippen molar-refractivity contribution in [2.45, 2.75) is 19.9 Å². The maximum Gasteiger partial charge on any atom is 0.266 e. The number of benzene rings is 2. The van der Waals surface area contributed by atoms with E-state index in [1.807, 2.05) is 36.4 Å². The van der Waals surface area contributed by atoms with E-state index in [1.165, 1.54) is 22.8 Å². The summed E-state index contributed by atoms with van der Waals surface area (Å²) >= 11 is 6.87. The number of carbonyl (C=O) groups is 1. The van der Waals surface area contributed by atoms with Crippen molar-refractivity contribution in [2.24, 2.45) is 0 Å². The first-order valence-corrected chi connectivity index (χ1v) is 10.3. The van der Waals surface area contributed by atoms with Crippen molar-refractivity contribution in [1.82, 2.24) is 9.47 Å². The molecule has 5 heteroatoms. The largest absolute Gasteiger partial charge is 0.347 e. The van der Waals surface area contributed by atoms with Crippen molar-refractivity contribution >= 4 is 51.2 Å². The molecule has 1 aliphatic heterocycles. The minimum Gasteiger partial charge on any atom is -0.347 e. The first kappa shape index (κ1) is 18.0. The number of aryl methyl sites for hydroxylation is 1. The van der Waals surface area contributed by atoms with Crippen molar-refractivity contribution in [3.8, 4) is 0 Å². The van der Waals surface area contributed by atoms with Crippen LogP contribution in [0.15, 0.2) is 65.7 Å². The van der Waals surface area contributed by atoms with E-state index < -0.39 is 0 Å². The van der Waals surface area contributed by atoms with Crippen LogP contribution in [0, 0.1) is 0 Å². The number of thioether (sulfide) groups is 1. The molecule has 0 spiro atoms. The van der Waals surface area contributed by atoms with Crippen LogP contribution in [0.25, 0.3) is 17.0 Å². The molecule has 1 amide bonds. The second kappa shape index (κ2) is 7.71. The molecular weight excluding hydrogens is 372 g/mol. The summed E-state index contributed by atoms with van der Waals surface area (Å²) < 4.78 is 2.85. The summed E-state index contributed by atoms with van der Waals surface area (Å²) in [5, 5.41) is 1.16.